The van der Waals surface area contributed by atoms with Crippen molar-refractivity contribution in [3.63, 3.8) is 0 Å². The van der Waals surface area contributed by atoms with Gasteiger partial charge in [0.1, 0.15) is 5.76 Å². The van der Waals surface area contributed by atoms with E-state index in [2.05, 4.69) is 18.2 Å². The zero-order valence-electron chi connectivity index (χ0n) is 6.99. The standard InChI is InChI=1S/C11H12O/c1-3-9-4-2-8(1)7-11-10(9)5-6-12-11/h1,3,5-6,8-9H,2,4,7H2/t8-,9+/m0/s1. The molecule has 0 N–H and O–H groups in total. The summed E-state index contributed by atoms with van der Waals surface area (Å²) in [6.45, 7) is 0. The summed E-state index contributed by atoms with van der Waals surface area (Å²) in [6, 6.07) is 2.14. The fourth-order valence-corrected chi connectivity index (χ4v) is 2.39. The Morgan fingerprint density at radius 1 is 1.25 bits per heavy atom. The van der Waals surface area contributed by atoms with Gasteiger partial charge in [0.2, 0.25) is 0 Å². The average Bonchev–Trinajstić information content (AvgIpc) is 2.44. The van der Waals surface area contributed by atoms with Crippen molar-refractivity contribution in [1.82, 2.24) is 0 Å². The predicted octanol–water partition coefficient (Wildman–Crippen LogP) is 2.89. The normalized spacial score (nSPS) is 31.7. The van der Waals surface area contributed by atoms with E-state index in [0.717, 1.165) is 12.3 Å². The first-order chi connectivity index (χ1) is 5.93. The zero-order chi connectivity index (χ0) is 7.97. The summed E-state index contributed by atoms with van der Waals surface area (Å²) in [6.07, 6.45) is 10.3. The molecule has 3 aliphatic carbocycles. The van der Waals surface area contributed by atoms with Gasteiger partial charge in [0, 0.05) is 17.9 Å². The van der Waals surface area contributed by atoms with E-state index >= 15 is 0 Å². The monoisotopic (exact) mass is 160 g/mol. The summed E-state index contributed by atoms with van der Waals surface area (Å²) in [5.41, 5.74) is 1.44. The average molecular weight is 160 g/mol. The summed E-state index contributed by atoms with van der Waals surface area (Å²) < 4.78 is 5.48. The molecule has 0 aromatic carbocycles. The van der Waals surface area contributed by atoms with E-state index in [1.165, 1.54) is 24.2 Å². The highest BCUT2D eigenvalue weighted by Crippen LogP contribution is 2.38. The van der Waals surface area contributed by atoms with E-state index in [-0.39, 0.29) is 0 Å². The van der Waals surface area contributed by atoms with Crippen molar-refractivity contribution in [2.24, 2.45) is 5.92 Å². The lowest BCUT2D eigenvalue weighted by atomic mass is 9.89. The number of rotatable bonds is 0. The van der Waals surface area contributed by atoms with Crippen LogP contribution in [0.5, 0.6) is 0 Å². The second-order valence-electron chi connectivity index (χ2n) is 3.83. The van der Waals surface area contributed by atoms with Gasteiger partial charge >= 0.3 is 0 Å². The van der Waals surface area contributed by atoms with E-state index in [1.807, 2.05) is 6.26 Å². The first-order valence-corrected chi connectivity index (χ1v) is 4.68. The molecule has 0 aliphatic heterocycles. The van der Waals surface area contributed by atoms with E-state index in [0.29, 0.717) is 5.92 Å². The molecule has 4 rings (SSSR count). The molecule has 2 bridgehead atoms. The molecule has 3 aliphatic rings. The molecule has 0 spiro atoms. The smallest absolute Gasteiger partial charge is 0.108 e. The Morgan fingerprint density at radius 2 is 2.25 bits per heavy atom. The van der Waals surface area contributed by atoms with Crippen molar-refractivity contribution in [1.29, 1.82) is 0 Å². The molecule has 2 atom stereocenters. The van der Waals surface area contributed by atoms with Gasteiger partial charge in [0.25, 0.3) is 0 Å². The van der Waals surface area contributed by atoms with Crippen molar-refractivity contribution >= 4 is 0 Å². The fourth-order valence-electron chi connectivity index (χ4n) is 2.39. The Balaban J connectivity index is 2.15. The van der Waals surface area contributed by atoms with Crippen LogP contribution in [0.15, 0.2) is 28.9 Å². The van der Waals surface area contributed by atoms with Gasteiger partial charge < -0.3 is 4.42 Å². The van der Waals surface area contributed by atoms with E-state index in [4.69, 9.17) is 4.42 Å². The lowest BCUT2D eigenvalue weighted by Gasteiger charge is -2.15. The number of allylic oxidation sites excluding steroid dienone is 2. The van der Waals surface area contributed by atoms with Crippen LogP contribution in [-0.2, 0) is 6.42 Å². The SMILES string of the molecule is C1=C[C@@H]2CC[C@H]1Cc1occc12. The van der Waals surface area contributed by atoms with Crippen molar-refractivity contribution < 1.29 is 4.42 Å². The van der Waals surface area contributed by atoms with Crippen molar-refractivity contribution in [2.45, 2.75) is 25.2 Å². The summed E-state index contributed by atoms with van der Waals surface area (Å²) in [7, 11) is 0. The molecule has 62 valence electrons. The van der Waals surface area contributed by atoms with Crippen molar-refractivity contribution in [2.75, 3.05) is 0 Å². The molecule has 0 amide bonds. The topological polar surface area (TPSA) is 13.1 Å². The maximum absolute atomic E-state index is 5.48. The van der Waals surface area contributed by atoms with Crippen LogP contribution in [-0.4, -0.2) is 0 Å². The molecule has 1 aromatic rings. The first-order valence-electron chi connectivity index (χ1n) is 4.68. The lowest BCUT2D eigenvalue weighted by molar-refractivity contribution is 0.465. The fraction of sp³-hybridized carbons (Fsp3) is 0.455. The molecule has 1 heterocycles. The maximum Gasteiger partial charge on any atom is 0.108 e. The molecular weight excluding hydrogens is 148 g/mol. The molecule has 1 nitrogen and oxygen atoms in total. The number of furan rings is 1. The van der Waals surface area contributed by atoms with E-state index in [9.17, 15) is 0 Å². The van der Waals surface area contributed by atoms with Gasteiger partial charge in [-0.3, -0.25) is 0 Å². The predicted molar refractivity (Wildman–Crippen MR) is 47.0 cm³/mol. The van der Waals surface area contributed by atoms with Crippen LogP contribution in [0.25, 0.3) is 0 Å². The molecule has 12 heavy (non-hydrogen) atoms. The molecular formula is C11H12O. The van der Waals surface area contributed by atoms with E-state index < -0.39 is 0 Å². The van der Waals surface area contributed by atoms with E-state index in [1.54, 1.807) is 0 Å². The summed E-state index contributed by atoms with van der Waals surface area (Å²) in [5.74, 6) is 2.62. The molecule has 0 saturated heterocycles. The third kappa shape index (κ3) is 0.795. The molecule has 0 radical (unpaired) electrons. The minimum Gasteiger partial charge on any atom is -0.469 e. The Kier molecular flexibility index (Phi) is 1.23. The van der Waals surface area contributed by atoms with Crippen LogP contribution < -0.4 is 0 Å². The second kappa shape index (κ2) is 2.25. The largest absolute Gasteiger partial charge is 0.469 e. The zero-order valence-corrected chi connectivity index (χ0v) is 6.99. The van der Waals surface area contributed by atoms with Crippen LogP contribution in [0.4, 0.5) is 0 Å². The van der Waals surface area contributed by atoms with Crippen LogP contribution >= 0.6 is 0 Å². The van der Waals surface area contributed by atoms with Crippen LogP contribution in [0.2, 0.25) is 0 Å². The number of fused-ring (bicyclic) bond motifs is 1. The number of hydrogen-bond donors (Lipinski definition) is 0. The van der Waals surface area contributed by atoms with Gasteiger partial charge in [0.15, 0.2) is 0 Å². The molecule has 0 fully saturated rings. The highest BCUT2D eigenvalue weighted by molar-refractivity contribution is 5.31. The van der Waals surface area contributed by atoms with Gasteiger partial charge in [0.05, 0.1) is 6.26 Å². The minimum absolute atomic E-state index is 0.650. The van der Waals surface area contributed by atoms with Crippen LogP contribution in [0, 0.1) is 5.92 Å². The summed E-state index contributed by atoms with van der Waals surface area (Å²) >= 11 is 0. The quantitative estimate of drug-likeness (QED) is 0.532. The highest BCUT2D eigenvalue weighted by atomic mass is 16.3. The van der Waals surface area contributed by atoms with Crippen LogP contribution in [0.3, 0.4) is 0 Å². The molecule has 1 aromatic heterocycles. The van der Waals surface area contributed by atoms with Gasteiger partial charge in [-0.1, -0.05) is 12.2 Å². The van der Waals surface area contributed by atoms with Crippen molar-refractivity contribution in [3.8, 4) is 0 Å². The Morgan fingerprint density at radius 3 is 3.08 bits per heavy atom. The second-order valence-corrected chi connectivity index (χ2v) is 3.83. The van der Waals surface area contributed by atoms with Gasteiger partial charge in [-0.05, 0) is 24.8 Å². The third-order valence-electron chi connectivity index (χ3n) is 3.09. The summed E-state index contributed by atoms with van der Waals surface area (Å²) in [5, 5.41) is 0. The van der Waals surface area contributed by atoms with Crippen LogP contribution in [0.1, 0.15) is 30.1 Å². The number of hydrogen-bond acceptors (Lipinski definition) is 1. The highest BCUT2D eigenvalue weighted by Gasteiger charge is 2.26. The first kappa shape index (κ1) is 6.53. The molecule has 0 unspecified atom stereocenters. The van der Waals surface area contributed by atoms with Crippen molar-refractivity contribution in [3.05, 3.63) is 35.8 Å². The molecule has 1 heteroatoms. The van der Waals surface area contributed by atoms with Gasteiger partial charge in [-0.25, -0.2) is 0 Å². The molecule has 0 saturated carbocycles. The van der Waals surface area contributed by atoms with Gasteiger partial charge in [-0.2, -0.15) is 0 Å². The maximum atomic E-state index is 5.48. The lowest BCUT2D eigenvalue weighted by Crippen LogP contribution is -2.02. The summed E-state index contributed by atoms with van der Waals surface area (Å²) in [4.78, 5) is 0. The minimum atomic E-state index is 0.650. The van der Waals surface area contributed by atoms with Gasteiger partial charge in [-0.15, -0.1) is 0 Å². The Bertz CT molecular complexity index is 322. The Labute approximate surface area is 72.1 Å². The Hall–Kier alpha value is -0.980. The third-order valence-corrected chi connectivity index (χ3v) is 3.09.